The Morgan fingerprint density at radius 2 is 2.04 bits per heavy atom. The molecule has 0 saturated heterocycles. The fraction of sp³-hybridized carbons (Fsp3) is 0.444. The maximum atomic E-state index is 13.1. The summed E-state index contributed by atoms with van der Waals surface area (Å²) in [6.45, 7) is 2.66. The van der Waals surface area contributed by atoms with Crippen LogP contribution in [0.2, 0.25) is 0 Å². The van der Waals surface area contributed by atoms with Crippen molar-refractivity contribution < 1.29 is 14.3 Å². The highest BCUT2D eigenvalue weighted by atomic mass is 19.1. The quantitative estimate of drug-likeness (QED) is 0.794. The van der Waals surface area contributed by atoms with Crippen molar-refractivity contribution in [2.45, 2.75) is 38.6 Å². The minimum Gasteiger partial charge on any atom is -0.396 e. The van der Waals surface area contributed by atoms with Crippen molar-refractivity contribution in [2.75, 3.05) is 13.2 Å². The van der Waals surface area contributed by atoms with Gasteiger partial charge in [-0.1, -0.05) is 0 Å². The molecule has 3 rings (SSSR count). The zero-order valence-corrected chi connectivity index (χ0v) is 13.8. The SMILES string of the molecule is Cc1cc(C(=O)N(CCCCO)C2CC2)nn1-c1ccc(F)cc1. The van der Waals surface area contributed by atoms with Crippen LogP contribution in [0.5, 0.6) is 0 Å². The molecule has 5 nitrogen and oxygen atoms in total. The molecule has 128 valence electrons. The van der Waals surface area contributed by atoms with Crippen LogP contribution in [0, 0.1) is 12.7 Å². The second kappa shape index (κ2) is 7.13. The van der Waals surface area contributed by atoms with Crippen LogP contribution in [0.4, 0.5) is 4.39 Å². The van der Waals surface area contributed by atoms with Crippen LogP contribution in [-0.4, -0.2) is 44.9 Å². The summed E-state index contributed by atoms with van der Waals surface area (Å²) in [5.74, 6) is -0.372. The van der Waals surface area contributed by atoms with Crippen LogP contribution in [0.1, 0.15) is 41.9 Å². The van der Waals surface area contributed by atoms with Gasteiger partial charge in [-0.05, 0) is 62.9 Å². The third-order valence-electron chi connectivity index (χ3n) is 4.23. The Hall–Kier alpha value is -2.21. The van der Waals surface area contributed by atoms with E-state index in [1.165, 1.54) is 12.1 Å². The van der Waals surface area contributed by atoms with E-state index in [4.69, 9.17) is 5.11 Å². The van der Waals surface area contributed by atoms with Crippen molar-refractivity contribution >= 4 is 5.91 Å². The lowest BCUT2D eigenvalue weighted by Crippen LogP contribution is -2.34. The molecular weight excluding hydrogens is 309 g/mol. The lowest BCUT2D eigenvalue weighted by Gasteiger charge is -2.21. The van der Waals surface area contributed by atoms with Crippen LogP contribution < -0.4 is 0 Å². The van der Waals surface area contributed by atoms with Gasteiger partial charge in [0.25, 0.3) is 5.91 Å². The van der Waals surface area contributed by atoms with Crippen molar-refractivity contribution in [3.8, 4) is 5.69 Å². The van der Waals surface area contributed by atoms with Gasteiger partial charge in [-0.15, -0.1) is 0 Å². The third kappa shape index (κ3) is 3.64. The molecule has 1 saturated carbocycles. The Kier molecular flexibility index (Phi) is 4.94. The highest BCUT2D eigenvalue weighted by molar-refractivity contribution is 5.93. The molecule has 0 aliphatic heterocycles. The number of aliphatic hydroxyl groups excluding tert-OH is 1. The van der Waals surface area contributed by atoms with E-state index in [-0.39, 0.29) is 18.3 Å². The first-order valence-electron chi connectivity index (χ1n) is 8.34. The van der Waals surface area contributed by atoms with E-state index in [1.807, 2.05) is 11.8 Å². The van der Waals surface area contributed by atoms with Crippen molar-refractivity contribution in [1.29, 1.82) is 0 Å². The molecule has 1 aromatic heterocycles. The van der Waals surface area contributed by atoms with Gasteiger partial charge in [-0.3, -0.25) is 4.79 Å². The molecule has 1 aliphatic carbocycles. The van der Waals surface area contributed by atoms with E-state index in [0.29, 0.717) is 24.7 Å². The number of carbonyl (C=O) groups excluding carboxylic acids is 1. The Morgan fingerprint density at radius 1 is 1.33 bits per heavy atom. The molecule has 1 aliphatic rings. The Labute approximate surface area is 140 Å². The number of benzene rings is 1. The van der Waals surface area contributed by atoms with Crippen LogP contribution >= 0.6 is 0 Å². The minimum atomic E-state index is -0.302. The number of carbonyl (C=O) groups is 1. The van der Waals surface area contributed by atoms with Gasteiger partial charge in [0.1, 0.15) is 5.82 Å². The van der Waals surface area contributed by atoms with Gasteiger partial charge in [-0.25, -0.2) is 9.07 Å². The van der Waals surface area contributed by atoms with Gasteiger partial charge in [-0.2, -0.15) is 5.10 Å². The summed E-state index contributed by atoms with van der Waals surface area (Å²) in [4.78, 5) is 14.7. The lowest BCUT2D eigenvalue weighted by atomic mass is 10.2. The van der Waals surface area contributed by atoms with E-state index >= 15 is 0 Å². The van der Waals surface area contributed by atoms with Gasteiger partial charge in [0.05, 0.1) is 5.69 Å². The van der Waals surface area contributed by atoms with Crippen LogP contribution in [0.3, 0.4) is 0 Å². The molecule has 1 fully saturated rings. The first-order chi connectivity index (χ1) is 11.6. The number of aliphatic hydroxyl groups is 1. The molecule has 6 heteroatoms. The maximum Gasteiger partial charge on any atom is 0.274 e. The first-order valence-corrected chi connectivity index (χ1v) is 8.34. The molecule has 24 heavy (non-hydrogen) atoms. The standard InChI is InChI=1S/C18H22FN3O2/c1-13-12-17(20-22(13)16-6-4-14(19)5-7-16)18(24)21(15-8-9-15)10-2-3-11-23/h4-7,12,15,23H,2-3,8-11H2,1H3. The minimum absolute atomic E-state index is 0.0700. The zero-order chi connectivity index (χ0) is 17.1. The molecule has 1 N–H and O–H groups in total. The number of rotatable bonds is 7. The number of nitrogens with zero attached hydrogens (tertiary/aromatic N) is 3. The average molecular weight is 331 g/mol. The summed E-state index contributed by atoms with van der Waals surface area (Å²) in [5.41, 5.74) is 1.97. The van der Waals surface area contributed by atoms with Gasteiger partial charge in [0.15, 0.2) is 5.69 Å². The summed E-state index contributed by atoms with van der Waals surface area (Å²) in [6.07, 6.45) is 3.54. The van der Waals surface area contributed by atoms with Gasteiger partial charge in [0, 0.05) is 24.9 Å². The van der Waals surface area contributed by atoms with Crippen LogP contribution in [0.15, 0.2) is 30.3 Å². The smallest absolute Gasteiger partial charge is 0.274 e. The number of amides is 1. The van der Waals surface area contributed by atoms with Gasteiger partial charge < -0.3 is 10.0 Å². The summed E-state index contributed by atoms with van der Waals surface area (Å²) >= 11 is 0. The molecule has 0 unspecified atom stereocenters. The molecule has 0 radical (unpaired) electrons. The number of hydrogen-bond acceptors (Lipinski definition) is 3. The first kappa shape index (κ1) is 16.6. The highest BCUT2D eigenvalue weighted by Gasteiger charge is 2.33. The maximum absolute atomic E-state index is 13.1. The van der Waals surface area contributed by atoms with E-state index < -0.39 is 0 Å². The largest absolute Gasteiger partial charge is 0.396 e. The number of aromatic nitrogens is 2. The number of hydrogen-bond donors (Lipinski definition) is 1. The predicted molar refractivity (Wildman–Crippen MR) is 88.6 cm³/mol. The molecule has 0 bridgehead atoms. The molecule has 2 aromatic rings. The number of halogens is 1. The van der Waals surface area contributed by atoms with Crippen molar-refractivity contribution in [2.24, 2.45) is 0 Å². The van der Waals surface area contributed by atoms with E-state index in [1.54, 1.807) is 22.9 Å². The normalized spacial score (nSPS) is 14.0. The molecule has 1 heterocycles. The molecule has 1 amide bonds. The molecule has 1 aromatic carbocycles. The van der Waals surface area contributed by atoms with Crippen LogP contribution in [-0.2, 0) is 0 Å². The lowest BCUT2D eigenvalue weighted by molar-refractivity contribution is 0.0730. The zero-order valence-electron chi connectivity index (χ0n) is 13.8. The van der Waals surface area contributed by atoms with Gasteiger partial charge in [0.2, 0.25) is 0 Å². The van der Waals surface area contributed by atoms with Crippen molar-refractivity contribution in [3.05, 3.63) is 47.5 Å². The summed E-state index contributed by atoms with van der Waals surface area (Å²) in [5, 5.41) is 13.4. The fourth-order valence-corrected chi connectivity index (χ4v) is 2.80. The average Bonchev–Trinajstić information content (AvgIpc) is 3.34. The number of unbranched alkanes of at least 4 members (excludes halogenated alkanes) is 1. The Bertz CT molecular complexity index is 708. The summed E-state index contributed by atoms with van der Waals surface area (Å²) in [6, 6.07) is 8.11. The fourth-order valence-electron chi connectivity index (χ4n) is 2.80. The molecule has 0 spiro atoms. The van der Waals surface area contributed by atoms with Crippen LogP contribution in [0.25, 0.3) is 5.69 Å². The Morgan fingerprint density at radius 3 is 2.67 bits per heavy atom. The monoisotopic (exact) mass is 331 g/mol. The number of aryl methyl sites for hydroxylation is 1. The second-order valence-electron chi connectivity index (χ2n) is 6.22. The summed E-state index contributed by atoms with van der Waals surface area (Å²) in [7, 11) is 0. The highest BCUT2D eigenvalue weighted by Crippen LogP contribution is 2.28. The van der Waals surface area contributed by atoms with Gasteiger partial charge >= 0.3 is 0 Å². The summed E-state index contributed by atoms with van der Waals surface area (Å²) < 4.78 is 14.7. The molecular formula is C18H22FN3O2. The van der Waals surface area contributed by atoms with E-state index in [9.17, 15) is 9.18 Å². The Balaban J connectivity index is 1.79. The topological polar surface area (TPSA) is 58.4 Å². The van der Waals surface area contributed by atoms with Crippen molar-refractivity contribution in [3.63, 3.8) is 0 Å². The second-order valence-corrected chi connectivity index (χ2v) is 6.22. The predicted octanol–water partition coefficient (Wildman–Crippen LogP) is 2.70. The van der Waals surface area contributed by atoms with Crippen molar-refractivity contribution in [1.82, 2.24) is 14.7 Å². The molecule has 0 atom stereocenters. The van der Waals surface area contributed by atoms with E-state index in [2.05, 4.69) is 5.10 Å². The van der Waals surface area contributed by atoms with E-state index in [0.717, 1.165) is 30.6 Å². The third-order valence-corrected chi connectivity index (χ3v) is 4.23.